The molecule has 8 atom stereocenters. The van der Waals surface area contributed by atoms with Gasteiger partial charge < -0.3 is 34.4 Å². The highest BCUT2D eigenvalue weighted by Crippen LogP contribution is 2.54. The van der Waals surface area contributed by atoms with Gasteiger partial charge >= 0.3 is 5.97 Å². The third kappa shape index (κ3) is 6.86. The molecule has 0 unspecified atom stereocenters. The zero-order chi connectivity index (χ0) is 35.4. The highest BCUT2D eigenvalue weighted by molar-refractivity contribution is 5.99. The molecule has 11 heteroatoms. The third-order valence-electron chi connectivity index (χ3n) is 10.1. The van der Waals surface area contributed by atoms with E-state index in [0.29, 0.717) is 24.9 Å². The molecule has 2 N–H and O–H groups in total. The molecule has 2 aromatic carbocycles. The van der Waals surface area contributed by atoms with Crippen molar-refractivity contribution < 1.29 is 38.5 Å². The number of fused-ring (bicyclic) bond motifs is 2. The third-order valence-corrected chi connectivity index (χ3v) is 10.1. The van der Waals surface area contributed by atoms with Crippen molar-refractivity contribution in [1.29, 1.82) is 0 Å². The van der Waals surface area contributed by atoms with Gasteiger partial charge in [-0.05, 0) is 29.9 Å². The number of allylic oxidation sites excluding steroid dienone is 1. The van der Waals surface area contributed by atoms with Crippen molar-refractivity contribution in [3.8, 4) is 0 Å². The monoisotopic (exact) mass is 685 g/mol. The average Bonchev–Trinajstić information content (AvgIpc) is 3.50. The molecular formula is C39H47N3O8. The zero-order valence-corrected chi connectivity index (χ0v) is 28.9. The summed E-state index contributed by atoms with van der Waals surface area (Å²) in [5, 5.41) is 13.7. The predicted molar refractivity (Wildman–Crippen MR) is 184 cm³/mol. The smallest absolute Gasteiger partial charge is 0.313 e. The van der Waals surface area contributed by atoms with E-state index in [0.717, 1.165) is 5.56 Å². The first-order chi connectivity index (χ1) is 24.2. The fraction of sp³-hybridized carbons (Fsp3) is 0.487. The van der Waals surface area contributed by atoms with Crippen molar-refractivity contribution in [3.63, 3.8) is 0 Å². The van der Waals surface area contributed by atoms with Crippen LogP contribution in [-0.4, -0.2) is 95.3 Å². The Morgan fingerprint density at radius 2 is 1.72 bits per heavy atom. The number of nitrogens with one attached hydrogen (secondary N) is 1. The van der Waals surface area contributed by atoms with Crippen LogP contribution in [0.2, 0.25) is 0 Å². The van der Waals surface area contributed by atoms with Crippen molar-refractivity contribution in [1.82, 2.24) is 15.1 Å². The van der Waals surface area contributed by atoms with Gasteiger partial charge in [0.1, 0.15) is 23.7 Å². The number of carbonyl (C=O) groups excluding carboxylic acids is 4. The number of carbonyl (C=O) groups is 4. The van der Waals surface area contributed by atoms with Gasteiger partial charge in [0.2, 0.25) is 17.7 Å². The lowest BCUT2D eigenvalue weighted by Crippen LogP contribution is -2.58. The van der Waals surface area contributed by atoms with Gasteiger partial charge in [-0.3, -0.25) is 19.2 Å². The summed E-state index contributed by atoms with van der Waals surface area (Å²) in [5.41, 5.74) is 0.0708. The Labute approximate surface area is 293 Å². The van der Waals surface area contributed by atoms with Gasteiger partial charge in [-0.15, -0.1) is 0 Å². The molecule has 0 radical (unpaired) electrons. The van der Waals surface area contributed by atoms with Crippen LogP contribution in [0.15, 0.2) is 85.0 Å². The van der Waals surface area contributed by atoms with E-state index in [4.69, 9.17) is 14.2 Å². The average molecular weight is 686 g/mol. The van der Waals surface area contributed by atoms with Crippen LogP contribution < -0.4 is 5.32 Å². The number of aliphatic hydroxyl groups excluding tert-OH is 1. The Balaban J connectivity index is 1.45. The van der Waals surface area contributed by atoms with E-state index in [1.807, 2.05) is 80.6 Å². The largest absolute Gasteiger partial charge is 0.455 e. The molecule has 2 saturated heterocycles. The molecule has 0 aliphatic carbocycles. The summed E-state index contributed by atoms with van der Waals surface area (Å²) in [4.78, 5) is 60.5. The van der Waals surface area contributed by atoms with E-state index in [1.165, 1.54) is 12.0 Å². The molecule has 3 amide bonds. The topological polar surface area (TPSA) is 135 Å². The molecule has 0 saturated carbocycles. The molecule has 6 rings (SSSR count). The first-order valence-corrected chi connectivity index (χ1v) is 17.5. The number of likely N-dealkylation sites (tertiary alicyclic amines) is 1. The standard InChI is InChI=1S/C39H47N3O8/c1-25(2)21-28(23-43)42-35-37(46)41(22-26-13-6-4-7-14-26)20-12-19-39(35)33(36(42)45)32-30(50-39)17-10-11-18-31(44)40-29(24-48-3)34(49-38(32)47)27-15-8-5-9-16-27/h4-10,12-17,19,25,28-30,32-35,43H,11,18,20-24H2,1-3H3,(H,40,44)/b17-10-/t28-,29-,30-,32+,33+,34-,35-,39+/m1/s1. The van der Waals surface area contributed by atoms with Crippen LogP contribution in [0.4, 0.5) is 0 Å². The maximum absolute atomic E-state index is 14.9. The van der Waals surface area contributed by atoms with Crippen LogP contribution >= 0.6 is 0 Å². The molecule has 2 aromatic rings. The van der Waals surface area contributed by atoms with Gasteiger partial charge in [-0.2, -0.15) is 0 Å². The van der Waals surface area contributed by atoms with Crippen molar-refractivity contribution in [2.75, 3.05) is 26.9 Å². The van der Waals surface area contributed by atoms with Crippen LogP contribution in [0.1, 0.15) is 50.3 Å². The summed E-state index contributed by atoms with van der Waals surface area (Å²) in [6.07, 6.45) is 6.26. The van der Waals surface area contributed by atoms with E-state index in [1.54, 1.807) is 23.1 Å². The Kier molecular flexibility index (Phi) is 10.9. The van der Waals surface area contributed by atoms with Crippen LogP contribution in [0.5, 0.6) is 0 Å². The molecule has 11 nitrogen and oxygen atoms in total. The fourth-order valence-electron chi connectivity index (χ4n) is 8.04. The zero-order valence-electron chi connectivity index (χ0n) is 28.9. The number of esters is 1. The minimum absolute atomic E-state index is 0.0725. The van der Waals surface area contributed by atoms with E-state index >= 15 is 0 Å². The summed E-state index contributed by atoms with van der Waals surface area (Å²) in [6.45, 7) is 4.30. The Bertz CT molecular complexity index is 1600. The predicted octanol–water partition coefficient (Wildman–Crippen LogP) is 3.34. The Morgan fingerprint density at radius 3 is 2.40 bits per heavy atom. The minimum Gasteiger partial charge on any atom is -0.455 e. The summed E-state index contributed by atoms with van der Waals surface area (Å²) in [5.74, 6) is -3.78. The lowest BCUT2D eigenvalue weighted by molar-refractivity contribution is -0.163. The van der Waals surface area contributed by atoms with E-state index in [2.05, 4.69) is 5.32 Å². The number of aliphatic hydroxyl groups is 1. The summed E-state index contributed by atoms with van der Waals surface area (Å²) in [6, 6.07) is 16.2. The molecule has 0 bridgehead atoms. The first kappa shape index (κ1) is 35.5. The van der Waals surface area contributed by atoms with Gasteiger partial charge in [0.05, 0.1) is 37.3 Å². The summed E-state index contributed by atoms with van der Waals surface area (Å²) >= 11 is 0. The highest BCUT2D eigenvalue weighted by atomic mass is 16.6. The number of cyclic esters (lactones) is 1. The Hall–Kier alpha value is -4.32. The fourth-order valence-corrected chi connectivity index (χ4v) is 8.04. The van der Waals surface area contributed by atoms with E-state index in [-0.39, 0.29) is 43.9 Å². The van der Waals surface area contributed by atoms with Gasteiger partial charge in [0.25, 0.3) is 0 Å². The number of methoxy groups -OCH3 is 1. The molecule has 4 aliphatic rings. The summed E-state index contributed by atoms with van der Waals surface area (Å²) < 4.78 is 18.6. The maximum atomic E-state index is 14.9. The molecule has 50 heavy (non-hydrogen) atoms. The van der Waals surface area contributed by atoms with Gasteiger partial charge in [-0.1, -0.05) is 98.8 Å². The number of hydrogen-bond donors (Lipinski definition) is 2. The normalized spacial score (nSPS) is 31.1. The van der Waals surface area contributed by atoms with Crippen molar-refractivity contribution in [2.24, 2.45) is 17.8 Å². The molecule has 2 fully saturated rings. The SMILES string of the molecule is COC[C@H]1NC(=O)CC/C=C\[C@H]2O[C@]34C=CCN(Cc5ccccc5)C(=O)[C@H]3N([C@@H](CO)CC(C)C)C(=O)[C@@H]4[C@H]2C(=O)O[C@@H]1c1ccccc1. The lowest BCUT2D eigenvalue weighted by atomic mass is 9.77. The number of rotatable bonds is 9. The number of ether oxygens (including phenoxy) is 3. The second-order valence-corrected chi connectivity index (χ2v) is 14.0. The van der Waals surface area contributed by atoms with E-state index < -0.39 is 59.6 Å². The Morgan fingerprint density at radius 1 is 1.00 bits per heavy atom. The maximum Gasteiger partial charge on any atom is 0.313 e. The number of amides is 3. The number of nitrogens with zero attached hydrogens (tertiary/aromatic N) is 2. The molecule has 0 aromatic heterocycles. The second kappa shape index (κ2) is 15.3. The molecule has 4 heterocycles. The van der Waals surface area contributed by atoms with Crippen LogP contribution in [0, 0.1) is 17.8 Å². The molecule has 1 spiro atoms. The van der Waals surface area contributed by atoms with Crippen LogP contribution in [-0.2, 0) is 39.9 Å². The first-order valence-electron chi connectivity index (χ1n) is 17.5. The van der Waals surface area contributed by atoms with Gasteiger partial charge in [0.15, 0.2) is 0 Å². The van der Waals surface area contributed by atoms with E-state index in [9.17, 15) is 24.3 Å². The lowest BCUT2D eigenvalue weighted by Gasteiger charge is -2.39. The number of hydrogen-bond acceptors (Lipinski definition) is 8. The van der Waals surface area contributed by atoms with Crippen LogP contribution in [0.25, 0.3) is 0 Å². The minimum atomic E-state index is -1.51. The summed E-state index contributed by atoms with van der Waals surface area (Å²) in [7, 11) is 1.51. The van der Waals surface area contributed by atoms with Gasteiger partial charge in [0, 0.05) is 26.6 Å². The second-order valence-electron chi connectivity index (χ2n) is 14.0. The quantitative estimate of drug-likeness (QED) is 0.304. The molecule has 266 valence electrons. The van der Waals surface area contributed by atoms with Crippen molar-refractivity contribution in [2.45, 2.75) is 75.6 Å². The van der Waals surface area contributed by atoms with Gasteiger partial charge in [-0.25, -0.2) is 0 Å². The number of benzene rings is 2. The van der Waals surface area contributed by atoms with Crippen molar-refractivity contribution >= 4 is 23.7 Å². The van der Waals surface area contributed by atoms with Crippen molar-refractivity contribution in [3.05, 3.63) is 96.1 Å². The molecule has 4 aliphatic heterocycles. The molecular weight excluding hydrogens is 638 g/mol. The highest BCUT2D eigenvalue weighted by Gasteiger charge is 2.72. The van der Waals surface area contributed by atoms with Crippen LogP contribution in [0.3, 0.4) is 0 Å².